The molecule has 1 amide bonds. The van der Waals surface area contributed by atoms with Crippen LogP contribution in [-0.4, -0.2) is 5.91 Å². The largest absolute Gasteiger partial charge is 0.294 e. The molecule has 1 aliphatic carbocycles. The molecule has 3 N–H and O–H groups in total. The smallest absolute Gasteiger partial charge is 0.237 e. The molecule has 1 unspecified atom stereocenters. The van der Waals surface area contributed by atoms with Crippen LogP contribution in [0.3, 0.4) is 0 Å². The number of carbonyl (C=O) groups excluding carboxylic acids is 1. The predicted molar refractivity (Wildman–Crippen MR) is 34.0 cm³/mol. The molecule has 0 bridgehead atoms. The fraction of sp³-hybridized carbons (Fsp3) is 0.667. The molecule has 1 fully saturated rings. The lowest BCUT2D eigenvalue weighted by molar-refractivity contribution is -0.123. The fourth-order valence-electron chi connectivity index (χ4n) is 1.12. The van der Waals surface area contributed by atoms with Crippen LogP contribution < -0.4 is 11.3 Å². The third-order valence-electron chi connectivity index (χ3n) is 1.65. The predicted octanol–water partition coefficient (Wildman–Crippen LogP) is -0.0193. The summed E-state index contributed by atoms with van der Waals surface area (Å²) in [5.74, 6) is 4.96. The molecule has 1 rings (SSSR count). The zero-order valence-corrected chi connectivity index (χ0v) is 5.26. The Labute approximate surface area is 54.6 Å². The minimum absolute atomic E-state index is 0.0486. The average Bonchev–Trinajstić information content (AvgIpc) is 2.37. The van der Waals surface area contributed by atoms with E-state index in [0.717, 1.165) is 19.3 Å². The number of carbonyl (C=O) groups is 1. The molecule has 1 radical (unpaired) electrons. The van der Waals surface area contributed by atoms with E-state index in [1.165, 1.54) is 0 Å². The Morgan fingerprint density at radius 1 is 1.78 bits per heavy atom. The van der Waals surface area contributed by atoms with E-state index >= 15 is 0 Å². The second kappa shape index (κ2) is 2.82. The van der Waals surface area contributed by atoms with Crippen molar-refractivity contribution in [2.75, 3.05) is 0 Å². The van der Waals surface area contributed by atoms with Gasteiger partial charge in [-0.3, -0.25) is 10.2 Å². The Morgan fingerprint density at radius 3 is 3.00 bits per heavy atom. The van der Waals surface area contributed by atoms with Crippen LogP contribution in [0.25, 0.3) is 0 Å². The van der Waals surface area contributed by atoms with E-state index in [1.54, 1.807) is 0 Å². The van der Waals surface area contributed by atoms with Crippen LogP contribution in [0.4, 0.5) is 0 Å². The van der Waals surface area contributed by atoms with Crippen molar-refractivity contribution in [2.45, 2.75) is 19.3 Å². The van der Waals surface area contributed by atoms with Gasteiger partial charge in [0, 0.05) is 5.92 Å². The van der Waals surface area contributed by atoms with E-state index < -0.39 is 0 Å². The third kappa shape index (κ3) is 1.42. The molecule has 0 saturated heterocycles. The second-order valence-electron chi connectivity index (χ2n) is 2.28. The van der Waals surface area contributed by atoms with Crippen LogP contribution in [0.5, 0.6) is 0 Å². The van der Waals surface area contributed by atoms with Gasteiger partial charge in [0.2, 0.25) is 5.91 Å². The highest BCUT2D eigenvalue weighted by atomic mass is 16.2. The summed E-state index contributed by atoms with van der Waals surface area (Å²) in [6.07, 6.45) is 5.15. The molecule has 0 spiro atoms. The highest BCUT2D eigenvalue weighted by Gasteiger charge is 2.21. The summed E-state index contributed by atoms with van der Waals surface area (Å²) in [6, 6.07) is 0. The van der Waals surface area contributed by atoms with E-state index in [0.29, 0.717) is 0 Å². The van der Waals surface area contributed by atoms with E-state index in [-0.39, 0.29) is 11.8 Å². The van der Waals surface area contributed by atoms with Crippen molar-refractivity contribution in [1.82, 2.24) is 5.43 Å². The van der Waals surface area contributed by atoms with E-state index in [4.69, 9.17) is 5.84 Å². The Hall–Kier alpha value is -0.570. The van der Waals surface area contributed by atoms with Crippen molar-refractivity contribution in [2.24, 2.45) is 11.8 Å². The van der Waals surface area contributed by atoms with Crippen molar-refractivity contribution in [3.63, 3.8) is 0 Å². The third-order valence-corrected chi connectivity index (χ3v) is 1.65. The molecule has 0 aromatic heterocycles. The monoisotopic (exact) mass is 127 g/mol. The summed E-state index contributed by atoms with van der Waals surface area (Å²) in [4.78, 5) is 10.7. The van der Waals surface area contributed by atoms with Crippen LogP contribution in [0.1, 0.15) is 19.3 Å². The van der Waals surface area contributed by atoms with Crippen molar-refractivity contribution in [1.29, 1.82) is 0 Å². The molecule has 1 atom stereocenters. The van der Waals surface area contributed by atoms with Gasteiger partial charge in [0.05, 0.1) is 0 Å². The van der Waals surface area contributed by atoms with E-state index in [9.17, 15) is 4.79 Å². The molecule has 51 valence electrons. The highest BCUT2D eigenvalue weighted by molar-refractivity contribution is 5.79. The summed E-state index contributed by atoms with van der Waals surface area (Å²) in [5, 5.41) is 0. The lowest BCUT2D eigenvalue weighted by atomic mass is 10.1. The summed E-state index contributed by atoms with van der Waals surface area (Å²) >= 11 is 0. The first-order valence-corrected chi connectivity index (χ1v) is 3.18. The minimum atomic E-state index is -0.0486. The standard InChI is InChI=1S/C6H11N2O/c7-8-6(9)5-3-1-2-4-5/h3,5H,1-2,4,7H2,(H,8,9). The molecular formula is C6H11N2O. The normalized spacial score (nSPS) is 20.1. The Kier molecular flexibility index (Phi) is 2.05. The number of rotatable bonds is 1. The molecule has 9 heavy (non-hydrogen) atoms. The molecule has 0 aliphatic heterocycles. The first kappa shape index (κ1) is 6.55. The van der Waals surface area contributed by atoms with Crippen molar-refractivity contribution in [3.8, 4) is 0 Å². The van der Waals surface area contributed by atoms with Gasteiger partial charge in [-0.05, 0) is 19.3 Å². The molecule has 0 aromatic rings. The number of hydrazine groups is 1. The molecule has 1 saturated carbocycles. The summed E-state index contributed by atoms with van der Waals surface area (Å²) in [5.41, 5.74) is 2.14. The number of nitrogens with two attached hydrogens (primary N) is 1. The summed E-state index contributed by atoms with van der Waals surface area (Å²) in [7, 11) is 0. The topological polar surface area (TPSA) is 55.1 Å². The number of nitrogens with one attached hydrogen (secondary N) is 1. The molecule has 3 nitrogen and oxygen atoms in total. The number of hydrogen-bond donors (Lipinski definition) is 2. The lowest BCUT2D eigenvalue weighted by Gasteiger charge is -2.03. The van der Waals surface area contributed by atoms with Gasteiger partial charge >= 0.3 is 0 Å². The Balaban J connectivity index is 2.32. The van der Waals surface area contributed by atoms with E-state index in [2.05, 4.69) is 5.43 Å². The number of amides is 1. The van der Waals surface area contributed by atoms with Crippen LogP contribution in [0, 0.1) is 12.3 Å². The maximum Gasteiger partial charge on any atom is 0.237 e. The summed E-state index contributed by atoms with van der Waals surface area (Å²) in [6.45, 7) is 0. The molecule has 0 aromatic carbocycles. The van der Waals surface area contributed by atoms with E-state index in [1.807, 2.05) is 6.42 Å². The van der Waals surface area contributed by atoms with Crippen LogP contribution >= 0.6 is 0 Å². The Bertz CT molecular complexity index is 108. The van der Waals surface area contributed by atoms with Gasteiger partial charge in [0.15, 0.2) is 0 Å². The molecule has 0 heterocycles. The van der Waals surface area contributed by atoms with Crippen molar-refractivity contribution in [3.05, 3.63) is 6.42 Å². The maximum atomic E-state index is 10.7. The maximum absolute atomic E-state index is 10.7. The quantitative estimate of drug-likeness (QED) is 0.295. The summed E-state index contributed by atoms with van der Waals surface area (Å²) < 4.78 is 0. The molecular weight excluding hydrogens is 116 g/mol. The first-order valence-electron chi connectivity index (χ1n) is 3.18. The molecule has 3 heteroatoms. The zero-order valence-electron chi connectivity index (χ0n) is 5.26. The van der Waals surface area contributed by atoms with Gasteiger partial charge in [-0.15, -0.1) is 0 Å². The van der Waals surface area contributed by atoms with Gasteiger partial charge in [-0.25, -0.2) is 5.84 Å². The van der Waals surface area contributed by atoms with Crippen LogP contribution in [0.2, 0.25) is 0 Å². The Morgan fingerprint density at radius 2 is 2.56 bits per heavy atom. The van der Waals surface area contributed by atoms with Gasteiger partial charge in [-0.2, -0.15) is 0 Å². The van der Waals surface area contributed by atoms with Crippen LogP contribution in [-0.2, 0) is 4.79 Å². The van der Waals surface area contributed by atoms with Crippen LogP contribution in [0.15, 0.2) is 0 Å². The highest BCUT2D eigenvalue weighted by Crippen LogP contribution is 2.22. The second-order valence-corrected chi connectivity index (χ2v) is 2.28. The van der Waals surface area contributed by atoms with Crippen molar-refractivity contribution < 1.29 is 4.79 Å². The minimum Gasteiger partial charge on any atom is -0.294 e. The lowest BCUT2D eigenvalue weighted by Crippen LogP contribution is -2.34. The van der Waals surface area contributed by atoms with Gasteiger partial charge in [-0.1, -0.05) is 6.42 Å². The fourth-order valence-corrected chi connectivity index (χ4v) is 1.12. The average molecular weight is 127 g/mol. The van der Waals surface area contributed by atoms with Gasteiger partial charge in [0.25, 0.3) is 0 Å². The van der Waals surface area contributed by atoms with Crippen molar-refractivity contribution >= 4 is 5.91 Å². The first-order chi connectivity index (χ1) is 4.34. The number of hydrogen-bond acceptors (Lipinski definition) is 2. The zero-order chi connectivity index (χ0) is 6.69. The van der Waals surface area contributed by atoms with Gasteiger partial charge < -0.3 is 0 Å². The SMILES string of the molecule is NNC(=O)C1[CH]CCC1. The van der Waals surface area contributed by atoms with Gasteiger partial charge in [0.1, 0.15) is 0 Å². The molecule has 1 aliphatic rings.